The molecule has 0 spiro atoms. The topological polar surface area (TPSA) is 0 Å². The normalized spacial score (nSPS) is 18.2. The summed E-state index contributed by atoms with van der Waals surface area (Å²) in [6.07, 6.45) is 7.17. The van der Waals surface area contributed by atoms with Gasteiger partial charge in [-0.2, -0.15) is 0 Å². The molecule has 4 aromatic carbocycles. The van der Waals surface area contributed by atoms with Crippen molar-refractivity contribution >= 4 is 18.1 Å². The first-order valence-corrected chi connectivity index (χ1v) is 21.5. The summed E-state index contributed by atoms with van der Waals surface area (Å²) in [6, 6.07) is 35.2. The first kappa shape index (κ1) is 27.6. The van der Waals surface area contributed by atoms with E-state index in [2.05, 4.69) is 125 Å². The maximum absolute atomic E-state index is 2.49. The van der Waals surface area contributed by atoms with Crippen molar-refractivity contribution in [2.24, 2.45) is 0 Å². The van der Waals surface area contributed by atoms with E-state index in [4.69, 9.17) is 0 Å². The fourth-order valence-electron chi connectivity index (χ4n) is 6.88. The van der Waals surface area contributed by atoms with Crippen molar-refractivity contribution in [1.82, 2.24) is 0 Å². The number of fused-ring (bicyclic) bond motifs is 2. The summed E-state index contributed by atoms with van der Waals surface area (Å²) >= 11 is 1.80. The van der Waals surface area contributed by atoms with Crippen LogP contribution in [-0.2, 0) is 36.7 Å². The van der Waals surface area contributed by atoms with E-state index in [1.807, 2.05) is 0 Å². The van der Waals surface area contributed by atoms with E-state index >= 15 is 0 Å². The molecule has 0 nitrogen and oxygen atoms in total. The first-order valence-electron chi connectivity index (χ1n) is 15.0. The zero-order chi connectivity index (χ0) is 27.8. The van der Waals surface area contributed by atoms with Crippen LogP contribution in [0.4, 0.5) is 0 Å². The minimum absolute atomic E-state index is 0.592. The van der Waals surface area contributed by atoms with Crippen molar-refractivity contribution in [3.05, 3.63) is 129 Å². The fraction of sp³-hybridized carbons (Fsp3) is 0.263. The van der Waals surface area contributed by atoms with Gasteiger partial charge in [-0.3, -0.25) is 0 Å². The van der Waals surface area contributed by atoms with Gasteiger partial charge >= 0.3 is 258 Å². The van der Waals surface area contributed by atoms with Gasteiger partial charge in [0.25, 0.3) is 0 Å². The van der Waals surface area contributed by atoms with Crippen molar-refractivity contribution in [2.45, 2.75) is 64.5 Å². The second-order valence-electron chi connectivity index (χ2n) is 11.8. The van der Waals surface area contributed by atoms with Gasteiger partial charge in [-0.25, -0.2) is 0 Å². The van der Waals surface area contributed by atoms with E-state index in [-0.39, 0.29) is 0 Å². The average Bonchev–Trinajstić information content (AvgIpc) is 3.48. The standard InChI is InChI=1S/C38H39Si.Zr/c1-5-27-13-17-29(18-14-27)31-9-7-11-33-35(31)21-25(3)37(33)23-39-24-38-26(4)22-36-32(10-8-12-34(36)38)30-19-15-28(6-2)16-20-30;/h7-22,37-39H,5-6,23-24H2,1-4H3;. The molecular weight excluding hydrogens is 576 g/mol. The third-order valence-electron chi connectivity index (χ3n) is 9.26. The Bertz CT molecular complexity index is 1470. The Balaban J connectivity index is 1.22. The molecule has 199 valence electrons. The molecule has 4 aromatic rings. The van der Waals surface area contributed by atoms with E-state index in [1.165, 1.54) is 56.6 Å². The number of hydrogen-bond acceptors (Lipinski definition) is 0. The molecule has 6 rings (SSSR count). The van der Waals surface area contributed by atoms with E-state index in [9.17, 15) is 0 Å². The van der Waals surface area contributed by atoms with Gasteiger partial charge in [0.15, 0.2) is 0 Å². The quantitative estimate of drug-likeness (QED) is 0.173. The molecule has 0 heterocycles. The maximum atomic E-state index is 2.49. The van der Waals surface area contributed by atoms with Crippen molar-refractivity contribution in [1.29, 1.82) is 0 Å². The Morgan fingerprint density at radius 1 is 0.575 bits per heavy atom. The van der Waals surface area contributed by atoms with Crippen LogP contribution in [0.1, 0.15) is 72.9 Å². The van der Waals surface area contributed by atoms with Crippen LogP contribution in [-0.4, -0.2) is 5.92 Å². The van der Waals surface area contributed by atoms with Gasteiger partial charge in [-0.05, 0) is 0 Å². The molecule has 0 aliphatic heterocycles. The van der Waals surface area contributed by atoms with Crippen molar-refractivity contribution < 1.29 is 23.9 Å². The minimum atomic E-state index is -0.896. The third-order valence-corrected chi connectivity index (χ3v) is 14.8. The summed E-state index contributed by atoms with van der Waals surface area (Å²) in [5.41, 5.74) is 17.5. The van der Waals surface area contributed by atoms with Gasteiger partial charge < -0.3 is 0 Å². The number of rotatable bonds is 8. The SMILES string of the molecule is CCc1ccc(-c2cccc3c2C=C(C)C3C[SiH]([Zr])CC2C(C)=Cc3c(-c4ccc(CC)cc4)cccc32)cc1. The molecule has 2 aliphatic carbocycles. The number of benzene rings is 4. The number of allylic oxidation sites excluding steroid dienone is 2. The number of hydrogen-bond donors (Lipinski definition) is 0. The van der Waals surface area contributed by atoms with Crippen LogP contribution in [0.3, 0.4) is 0 Å². The molecule has 0 radical (unpaired) electrons. The second kappa shape index (κ2) is 11.8. The Labute approximate surface area is 256 Å². The average molecular weight is 615 g/mol. The third kappa shape index (κ3) is 5.26. The summed E-state index contributed by atoms with van der Waals surface area (Å²) < 4.78 is 0. The van der Waals surface area contributed by atoms with Gasteiger partial charge in [0.2, 0.25) is 0 Å². The summed E-state index contributed by atoms with van der Waals surface area (Å²) in [7, 11) is 0. The monoisotopic (exact) mass is 613 g/mol. The first-order chi connectivity index (χ1) is 19.5. The molecule has 0 N–H and O–H groups in total. The predicted octanol–water partition coefficient (Wildman–Crippen LogP) is 10.1. The van der Waals surface area contributed by atoms with Crippen LogP contribution >= 0.6 is 0 Å². The van der Waals surface area contributed by atoms with Gasteiger partial charge in [0.1, 0.15) is 0 Å². The molecule has 0 fully saturated rings. The van der Waals surface area contributed by atoms with Crippen LogP contribution < -0.4 is 0 Å². The van der Waals surface area contributed by atoms with Crippen molar-refractivity contribution in [2.75, 3.05) is 0 Å². The van der Waals surface area contributed by atoms with Crippen LogP contribution in [0.2, 0.25) is 12.1 Å². The van der Waals surface area contributed by atoms with Gasteiger partial charge in [0, 0.05) is 0 Å². The molecule has 0 saturated heterocycles. The van der Waals surface area contributed by atoms with Gasteiger partial charge in [-0.1, -0.05) is 0 Å². The summed E-state index contributed by atoms with van der Waals surface area (Å²) in [4.78, 5) is 0. The summed E-state index contributed by atoms with van der Waals surface area (Å²) in [5.74, 6) is 0.288. The zero-order valence-electron chi connectivity index (χ0n) is 24.3. The van der Waals surface area contributed by atoms with Crippen molar-refractivity contribution in [3.8, 4) is 22.3 Å². The molecule has 0 aromatic heterocycles. The number of aryl methyl sites for hydroxylation is 2. The van der Waals surface area contributed by atoms with Crippen molar-refractivity contribution in [3.63, 3.8) is 0 Å². The molecule has 2 heteroatoms. The molecule has 0 amide bonds. The van der Waals surface area contributed by atoms with Crippen LogP contribution in [0.5, 0.6) is 0 Å². The molecular formula is C38H39SiZr. The summed E-state index contributed by atoms with van der Waals surface area (Å²) in [5, 5.41) is 0. The molecule has 2 atom stereocenters. The van der Waals surface area contributed by atoms with Gasteiger partial charge in [0.05, 0.1) is 0 Å². The van der Waals surface area contributed by atoms with Crippen LogP contribution in [0.25, 0.3) is 34.4 Å². The molecule has 0 saturated carbocycles. The van der Waals surface area contributed by atoms with E-state index < -0.39 is 5.92 Å². The van der Waals surface area contributed by atoms with E-state index in [1.54, 1.807) is 46.2 Å². The zero-order valence-corrected chi connectivity index (χ0v) is 27.9. The van der Waals surface area contributed by atoms with Crippen LogP contribution in [0.15, 0.2) is 96.1 Å². The van der Waals surface area contributed by atoms with Crippen LogP contribution in [0, 0.1) is 0 Å². The molecule has 2 unspecified atom stereocenters. The Hall–Kier alpha value is -2.54. The molecule has 2 aliphatic rings. The summed E-state index contributed by atoms with van der Waals surface area (Å²) in [6.45, 7) is 9.20. The molecule has 40 heavy (non-hydrogen) atoms. The Kier molecular flexibility index (Phi) is 8.11. The molecule has 0 bridgehead atoms. The Morgan fingerprint density at radius 3 is 1.35 bits per heavy atom. The van der Waals surface area contributed by atoms with E-state index in [0.717, 1.165) is 12.8 Å². The second-order valence-corrected chi connectivity index (χ2v) is 20.1. The van der Waals surface area contributed by atoms with E-state index in [0.29, 0.717) is 11.8 Å². The Morgan fingerprint density at radius 2 is 0.975 bits per heavy atom. The predicted molar refractivity (Wildman–Crippen MR) is 172 cm³/mol. The fourth-order valence-corrected chi connectivity index (χ4v) is 12.9. The van der Waals surface area contributed by atoms with Gasteiger partial charge in [-0.15, -0.1) is 0 Å².